The first-order valence-electron chi connectivity index (χ1n) is 8.87. The van der Waals surface area contributed by atoms with Crippen LogP contribution in [-0.2, 0) is 6.42 Å². The third-order valence-corrected chi connectivity index (χ3v) is 4.58. The van der Waals surface area contributed by atoms with Crippen LogP contribution in [0.4, 0.5) is 17.2 Å². The molecule has 1 aliphatic heterocycles. The van der Waals surface area contributed by atoms with Crippen LogP contribution in [0.25, 0.3) is 0 Å². The highest BCUT2D eigenvalue weighted by molar-refractivity contribution is 6.05. The molecule has 1 amide bonds. The molecule has 27 heavy (non-hydrogen) atoms. The van der Waals surface area contributed by atoms with E-state index in [4.69, 9.17) is 4.74 Å². The number of nitrogens with one attached hydrogen (secondary N) is 1. The van der Waals surface area contributed by atoms with E-state index < -0.39 is 0 Å². The molecule has 0 aliphatic carbocycles. The number of benzene rings is 2. The lowest BCUT2D eigenvalue weighted by Gasteiger charge is -2.29. The number of aromatic nitrogens is 2. The van der Waals surface area contributed by atoms with Gasteiger partial charge in [0.2, 0.25) is 0 Å². The molecule has 136 valence electrons. The minimum atomic E-state index is -0.113. The number of aryl methyl sites for hydroxylation is 1. The summed E-state index contributed by atoms with van der Waals surface area (Å²) in [5, 5.41) is 3.19. The summed E-state index contributed by atoms with van der Waals surface area (Å²) in [5.74, 6) is 1.19. The van der Waals surface area contributed by atoms with Crippen molar-refractivity contribution in [1.82, 2.24) is 9.97 Å². The van der Waals surface area contributed by atoms with Crippen molar-refractivity contribution in [1.29, 1.82) is 0 Å². The van der Waals surface area contributed by atoms with Gasteiger partial charge in [-0.15, -0.1) is 0 Å². The zero-order valence-corrected chi connectivity index (χ0v) is 15.1. The molecule has 1 N–H and O–H groups in total. The van der Waals surface area contributed by atoms with Gasteiger partial charge in [0.1, 0.15) is 23.6 Å². The molecular formula is C21H20N4O2. The van der Waals surface area contributed by atoms with Crippen LogP contribution in [0, 0.1) is 0 Å². The van der Waals surface area contributed by atoms with Crippen LogP contribution in [-0.4, -0.2) is 29.5 Å². The van der Waals surface area contributed by atoms with E-state index in [1.165, 1.54) is 11.9 Å². The standard InChI is InChI=1S/C21H20N4O2/c1-27-17-9-4-8-16(12-17)24-20-13-18(22-14-23-20)21(26)25-11-5-7-15-6-2-3-10-19(15)25/h2-4,6,8-10,12-14H,5,7,11H2,1H3,(H,22,23,24). The lowest BCUT2D eigenvalue weighted by atomic mass is 10.0. The quantitative estimate of drug-likeness (QED) is 0.766. The fourth-order valence-corrected chi connectivity index (χ4v) is 3.27. The maximum Gasteiger partial charge on any atom is 0.277 e. The topological polar surface area (TPSA) is 67.3 Å². The molecule has 0 fully saturated rings. The van der Waals surface area contributed by atoms with Gasteiger partial charge in [0.15, 0.2) is 0 Å². The van der Waals surface area contributed by atoms with Crippen LogP contribution < -0.4 is 15.0 Å². The third kappa shape index (κ3) is 3.60. The number of para-hydroxylation sites is 1. The number of ether oxygens (including phenoxy) is 1. The molecule has 0 saturated heterocycles. The summed E-state index contributed by atoms with van der Waals surface area (Å²) < 4.78 is 5.23. The first kappa shape index (κ1) is 17.0. The van der Waals surface area contributed by atoms with Gasteiger partial charge < -0.3 is 15.0 Å². The van der Waals surface area contributed by atoms with E-state index >= 15 is 0 Å². The van der Waals surface area contributed by atoms with Gasteiger partial charge in [0, 0.05) is 30.1 Å². The van der Waals surface area contributed by atoms with Gasteiger partial charge in [-0.3, -0.25) is 4.79 Å². The number of amides is 1. The van der Waals surface area contributed by atoms with Crippen molar-refractivity contribution in [2.75, 3.05) is 23.9 Å². The van der Waals surface area contributed by atoms with Crippen molar-refractivity contribution < 1.29 is 9.53 Å². The zero-order chi connectivity index (χ0) is 18.6. The minimum absolute atomic E-state index is 0.113. The van der Waals surface area contributed by atoms with Crippen molar-refractivity contribution in [3.05, 3.63) is 72.2 Å². The van der Waals surface area contributed by atoms with Crippen LogP contribution in [0.2, 0.25) is 0 Å². The van der Waals surface area contributed by atoms with E-state index in [0.29, 0.717) is 18.1 Å². The SMILES string of the molecule is COc1cccc(Nc2cc(C(=O)N3CCCc4ccccc43)ncn2)c1. The summed E-state index contributed by atoms with van der Waals surface area (Å²) >= 11 is 0. The number of rotatable bonds is 4. The Morgan fingerprint density at radius 1 is 1.11 bits per heavy atom. The number of hydrogen-bond acceptors (Lipinski definition) is 5. The van der Waals surface area contributed by atoms with Crippen molar-refractivity contribution in [2.45, 2.75) is 12.8 Å². The van der Waals surface area contributed by atoms with Gasteiger partial charge in [0.25, 0.3) is 5.91 Å². The summed E-state index contributed by atoms with van der Waals surface area (Å²) in [6.07, 6.45) is 3.35. The lowest BCUT2D eigenvalue weighted by molar-refractivity contribution is 0.0980. The molecule has 3 aromatic rings. The van der Waals surface area contributed by atoms with Crippen LogP contribution in [0.5, 0.6) is 5.75 Å². The number of fused-ring (bicyclic) bond motifs is 1. The normalized spacial score (nSPS) is 13.0. The van der Waals surface area contributed by atoms with Crippen LogP contribution >= 0.6 is 0 Å². The van der Waals surface area contributed by atoms with Gasteiger partial charge in [-0.2, -0.15) is 0 Å². The van der Waals surface area contributed by atoms with E-state index in [-0.39, 0.29) is 5.91 Å². The van der Waals surface area contributed by atoms with Gasteiger partial charge in [0.05, 0.1) is 7.11 Å². The number of carbonyl (C=O) groups is 1. The first-order valence-corrected chi connectivity index (χ1v) is 8.87. The second-order valence-electron chi connectivity index (χ2n) is 6.33. The Hall–Kier alpha value is -3.41. The van der Waals surface area contributed by atoms with E-state index in [1.54, 1.807) is 18.1 Å². The largest absolute Gasteiger partial charge is 0.497 e. The number of nitrogens with zero attached hydrogens (tertiary/aromatic N) is 3. The maximum atomic E-state index is 13.1. The predicted molar refractivity (Wildman–Crippen MR) is 105 cm³/mol. The molecule has 0 radical (unpaired) electrons. The van der Waals surface area contributed by atoms with E-state index in [0.717, 1.165) is 30.0 Å². The highest BCUT2D eigenvalue weighted by atomic mass is 16.5. The maximum absolute atomic E-state index is 13.1. The van der Waals surface area contributed by atoms with Crippen molar-refractivity contribution in [3.8, 4) is 5.75 Å². The van der Waals surface area contributed by atoms with E-state index in [2.05, 4.69) is 21.4 Å². The summed E-state index contributed by atoms with van der Waals surface area (Å²) in [5.41, 5.74) is 3.36. The Labute approximate surface area is 157 Å². The fourth-order valence-electron chi connectivity index (χ4n) is 3.27. The Morgan fingerprint density at radius 3 is 2.89 bits per heavy atom. The Bertz CT molecular complexity index is 974. The summed E-state index contributed by atoms with van der Waals surface area (Å²) in [7, 11) is 1.62. The molecule has 0 unspecified atom stereocenters. The van der Waals surface area contributed by atoms with Gasteiger partial charge in [-0.05, 0) is 36.6 Å². The smallest absolute Gasteiger partial charge is 0.277 e. The molecule has 6 nitrogen and oxygen atoms in total. The first-order chi connectivity index (χ1) is 13.2. The fraction of sp³-hybridized carbons (Fsp3) is 0.190. The molecule has 1 aliphatic rings. The number of anilines is 3. The lowest BCUT2D eigenvalue weighted by Crippen LogP contribution is -2.36. The average molecular weight is 360 g/mol. The number of methoxy groups -OCH3 is 1. The number of hydrogen-bond donors (Lipinski definition) is 1. The van der Waals surface area contributed by atoms with Crippen LogP contribution in [0.3, 0.4) is 0 Å². The highest BCUT2D eigenvalue weighted by Crippen LogP contribution is 2.28. The Morgan fingerprint density at radius 2 is 2.00 bits per heavy atom. The van der Waals surface area contributed by atoms with Crippen LogP contribution in [0.1, 0.15) is 22.5 Å². The molecule has 2 heterocycles. The molecule has 0 bridgehead atoms. The molecule has 1 aromatic heterocycles. The summed E-state index contributed by atoms with van der Waals surface area (Å²) in [6.45, 7) is 0.693. The molecule has 2 aromatic carbocycles. The molecule has 4 rings (SSSR count). The Balaban J connectivity index is 1.58. The third-order valence-electron chi connectivity index (χ3n) is 4.58. The van der Waals surface area contributed by atoms with Crippen molar-refractivity contribution in [2.24, 2.45) is 0 Å². The summed E-state index contributed by atoms with van der Waals surface area (Å²) in [6, 6.07) is 17.2. The van der Waals surface area contributed by atoms with Crippen molar-refractivity contribution in [3.63, 3.8) is 0 Å². The monoisotopic (exact) mass is 360 g/mol. The zero-order valence-electron chi connectivity index (χ0n) is 15.1. The average Bonchev–Trinajstić information content (AvgIpc) is 2.73. The molecule has 0 saturated carbocycles. The predicted octanol–water partition coefficient (Wildman–Crippen LogP) is 3.82. The number of carbonyl (C=O) groups excluding carboxylic acids is 1. The second-order valence-corrected chi connectivity index (χ2v) is 6.33. The Kier molecular flexibility index (Phi) is 4.70. The van der Waals surface area contributed by atoms with Crippen molar-refractivity contribution >= 4 is 23.1 Å². The van der Waals surface area contributed by atoms with E-state index in [1.807, 2.05) is 42.5 Å². The van der Waals surface area contributed by atoms with Gasteiger partial charge >= 0.3 is 0 Å². The molecule has 6 heteroatoms. The van der Waals surface area contributed by atoms with Gasteiger partial charge in [-0.25, -0.2) is 9.97 Å². The highest BCUT2D eigenvalue weighted by Gasteiger charge is 2.24. The second kappa shape index (κ2) is 7.45. The van der Waals surface area contributed by atoms with Crippen LogP contribution in [0.15, 0.2) is 60.9 Å². The summed E-state index contributed by atoms with van der Waals surface area (Å²) in [4.78, 5) is 23.3. The molecule has 0 spiro atoms. The molecule has 0 atom stereocenters. The van der Waals surface area contributed by atoms with E-state index in [9.17, 15) is 4.79 Å². The van der Waals surface area contributed by atoms with Gasteiger partial charge in [-0.1, -0.05) is 24.3 Å². The molecular weight excluding hydrogens is 340 g/mol. The minimum Gasteiger partial charge on any atom is -0.497 e.